The molecule has 6 heteroatoms. The van der Waals surface area contributed by atoms with Gasteiger partial charge >= 0.3 is 0 Å². The molecule has 3 rings (SSSR count). The van der Waals surface area contributed by atoms with Crippen LogP contribution in [0.2, 0.25) is 0 Å². The number of amides is 1. The van der Waals surface area contributed by atoms with Gasteiger partial charge in [-0.15, -0.1) is 0 Å². The number of carbonyl (C=O) groups is 1. The van der Waals surface area contributed by atoms with E-state index in [9.17, 15) is 4.79 Å². The maximum absolute atomic E-state index is 12.3. The molecular weight excluding hydrogens is 342 g/mol. The Morgan fingerprint density at radius 3 is 2.67 bits per heavy atom. The van der Waals surface area contributed by atoms with Gasteiger partial charge in [-0.05, 0) is 18.1 Å². The molecule has 0 aliphatic carbocycles. The summed E-state index contributed by atoms with van der Waals surface area (Å²) in [6.07, 6.45) is 1.03. The number of nitrogens with one attached hydrogen (secondary N) is 2. The molecule has 2 aromatic carbocycles. The fraction of sp³-hybridized carbons (Fsp3) is 0.238. The van der Waals surface area contributed by atoms with Crippen LogP contribution in [0.1, 0.15) is 23.7 Å². The maximum atomic E-state index is 12.3. The Balaban J connectivity index is 1.62. The smallest absolute Gasteiger partial charge is 0.230 e. The van der Waals surface area contributed by atoms with Crippen LogP contribution < -0.4 is 14.8 Å². The lowest BCUT2D eigenvalue weighted by Crippen LogP contribution is -2.15. The van der Waals surface area contributed by atoms with Crippen molar-refractivity contribution in [1.82, 2.24) is 10.2 Å². The predicted molar refractivity (Wildman–Crippen MR) is 104 cm³/mol. The van der Waals surface area contributed by atoms with Gasteiger partial charge in [0.2, 0.25) is 5.91 Å². The third-order valence-corrected chi connectivity index (χ3v) is 4.14. The molecular formula is C21H23N3O3. The van der Waals surface area contributed by atoms with E-state index in [1.165, 1.54) is 0 Å². The van der Waals surface area contributed by atoms with E-state index in [0.717, 1.165) is 23.2 Å². The summed E-state index contributed by atoms with van der Waals surface area (Å²) < 4.78 is 11.2. The summed E-state index contributed by atoms with van der Waals surface area (Å²) in [6.45, 7) is 2.49. The Morgan fingerprint density at radius 1 is 1.15 bits per heavy atom. The van der Waals surface area contributed by atoms with E-state index in [0.29, 0.717) is 23.9 Å². The van der Waals surface area contributed by atoms with Crippen LogP contribution in [-0.4, -0.2) is 23.2 Å². The number of nitrogens with zero attached hydrogens (tertiary/aromatic N) is 1. The van der Waals surface area contributed by atoms with E-state index in [-0.39, 0.29) is 12.3 Å². The zero-order valence-electron chi connectivity index (χ0n) is 15.5. The van der Waals surface area contributed by atoms with E-state index in [1.54, 1.807) is 13.2 Å². The van der Waals surface area contributed by atoms with Crippen LogP contribution >= 0.6 is 0 Å². The van der Waals surface area contributed by atoms with Crippen LogP contribution in [0.3, 0.4) is 0 Å². The SMILES string of the molecule is CCc1cc(NC(=O)Cc2ccc(OCc3ccccc3)cc2OC)n[nH]1. The van der Waals surface area contributed by atoms with E-state index >= 15 is 0 Å². The number of anilines is 1. The van der Waals surface area contributed by atoms with Crippen LogP contribution in [0.15, 0.2) is 54.6 Å². The summed E-state index contributed by atoms with van der Waals surface area (Å²) in [6, 6.07) is 17.3. The van der Waals surface area contributed by atoms with Gasteiger partial charge in [-0.25, -0.2) is 0 Å². The van der Waals surface area contributed by atoms with Crippen molar-refractivity contribution in [3.8, 4) is 11.5 Å². The van der Waals surface area contributed by atoms with Crippen molar-refractivity contribution in [1.29, 1.82) is 0 Å². The first-order chi connectivity index (χ1) is 13.2. The Hall–Kier alpha value is -3.28. The van der Waals surface area contributed by atoms with Crippen molar-refractivity contribution in [3.05, 3.63) is 71.4 Å². The van der Waals surface area contributed by atoms with Crippen LogP contribution in [-0.2, 0) is 24.2 Å². The highest BCUT2D eigenvalue weighted by atomic mass is 16.5. The molecule has 1 heterocycles. The second kappa shape index (κ2) is 8.89. The lowest BCUT2D eigenvalue weighted by Gasteiger charge is -2.12. The second-order valence-electron chi connectivity index (χ2n) is 6.10. The van der Waals surface area contributed by atoms with E-state index in [2.05, 4.69) is 15.5 Å². The maximum Gasteiger partial charge on any atom is 0.230 e. The average molecular weight is 365 g/mol. The number of ether oxygens (including phenoxy) is 2. The molecule has 0 saturated heterocycles. The molecule has 0 fully saturated rings. The molecule has 0 bridgehead atoms. The predicted octanol–water partition coefficient (Wildman–Crippen LogP) is 3.74. The van der Waals surface area contributed by atoms with Crippen LogP contribution in [0.4, 0.5) is 5.82 Å². The lowest BCUT2D eigenvalue weighted by molar-refractivity contribution is -0.115. The Kier molecular flexibility index (Phi) is 6.10. The number of aromatic nitrogens is 2. The number of benzene rings is 2. The first-order valence-corrected chi connectivity index (χ1v) is 8.85. The molecule has 27 heavy (non-hydrogen) atoms. The van der Waals surface area contributed by atoms with Crippen molar-refractivity contribution in [2.24, 2.45) is 0 Å². The number of methoxy groups -OCH3 is 1. The molecule has 3 aromatic rings. The number of carbonyl (C=O) groups excluding carboxylic acids is 1. The van der Waals surface area contributed by atoms with E-state index < -0.39 is 0 Å². The molecule has 6 nitrogen and oxygen atoms in total. The van der Waals surface area contributed by atoms with Gasteiger partial charge in [0, 0.05) is 23.4 Å². The Labute approximate surface area is 158 Å². The second-order valence-corrected chi connectivity index (χ2v) is 6.10. The van der Waals surface area contributed by atoms with Crippen molar-refractivity contribution in [3.63, 3.8) is 0 Å². The number of H-pyrrole nitrogens is 1. The molecule has 2 N–H and O–H groups in total. The minimum atomic E-state index is -0.152. The molecule has 0 aliphatic rings. The van der Waals surface area contributed by atoms with Crippen molar-refractivity contribution in [2.45, 2.75) is 26.4 Å². The molecule has 1 amide bonds. The normalized spacial score (nSPS) is 10.4. The van der Waals surface area contributed by atoms with Gasteiger partial charge in [0.05, 0.1) is 13.5 Å². The summed E-state index contributed by atoms with van der Waals surface area (Å²) in [7, 11) is 1.58. The molecule has 0 atom stereocenters. The zero-order valence-corrected chi connectivity index (χ0v) is 15.5. The summed E-state index contributed by atoms with van der Waals surface area (Å²) in [4.78, 5) is 12.3. The van der Waals surface area contributed by atoms with Crippen LogP contribution in [0, 0.1) is 0 Å². The summed E-state index contributed by atoms with van der Waals surface area (Å²) in [5, 5.41) is 9.74. The third kappa shape index (κ3) is 5.10. The van der Waals surface area contributed by atoms with E-state index in [4.69, 9.17) is 9.47 Å². The van der Waals surface area contributed by atoms with Gasteiger partial charge in [-0.2, -0.15) is 5.10 Å². The van der Waals surface area contributed by atoms with Gasteiger partial charge in [0.1, 0.15) is 18.1 Å². The van der Waals surface area contributed by atoms with Crippen LogP contribution in [0.25, 0.3) is 0 Å². The highest BCUT2D eigenvalue weighted by molar-refractivity contribution is 5.91. The summed E-state index contributed by atoms with van der Waals surface area (Å²) >= 11 is 0. The highest BCUT2D eigenvalue weighted by Crippen LogP contribution is 2.26. The number of aromatic amines is 1. The number of hydrogen-bond donors (Lipinski definition) is 2. The number of hydrogen-bond acceptors (Lipinski definition) is 4. The van der Waals surface area contributed by atoms with Crippen molar-refractivity contribution < 1.29 is 14.3 Å². The summed E-state index contributed by atoms with van der Waals surface area (Å²) in [5.74, 6) is 1.69. The van der Waals surface area contributed by atoms with Gasteiger partial charge in [0.15, 0.2) is 5.82 Å². The standard InChI is InChI=1S/C21H23N3O3/c1-3-17-12-20(24-23-17)22-21(25)11-16-9-10-18(13-19(16)26-2)27-14-15-7-5-4-6-8-15/h4-10,12-13H,3,11,14H2,1-2H3,(H2,22,23,24,25). The highest BCUT2D eigenvalue weighted by Gasteiger charge is 2.12. The quantitative estimate of drug-likeness (QED) is 0.638. The molecule has 1 aromatic heterocycles. The zero-order chi connectivity index (χ0) is 19.1. The van der Waals surface area contributed by atoms with Gasteiger partial charge in [0.25, 0.3) is 0 Å². The Morgan fingerprint density at radius 2 is 1.96 bits per heavy atom. The van der Waals surface area contributed by atoms with Crippen molar-refractivity contribution in [2.75, 3.05) is 12.4 Å². The molecule has 0 radical (unpaired) electrons. The van der Waals surface area contributed by atoms with Gasteiger partial charge in [-0.3, -0.25) is 9.89 Å². The van der Waals surface area contributed by atoms with Gasteiger partial charge in [-0.1, -0.05) is 43.3 Å². The fourth-order valence-corrected chi connectivity index (χ4v) is 2.67. The Bertz CT molecular complexity index is 891. The topological polar surface area (TPSA) is 76.2 Å². The minimum absolute atomic E-state index is 0.152. The summed E-state index contributed by atoms with van der Waals surface area (Å²) in [5.41, 5.74) is 2.85. The van der Waals surface area contributed by atoms with Crippen molar-refractivity contribution >= 4 is 11.7 Å². The molecule has 0 aliphatic heterocycles. The molecule has 0 unspecified atom stereocenters. The molecule has 140 valence electrons. The number of aryl methyl sites for hydroxylation is 1. The monoisotopic (exact) mass is 365 g/mol. The minimum Gasteiger partial charge on any atom is -0.496 e. The third-order valence-electron chi connectivity index (χ3n) is 4.14. The van der Waals surface area contributed by atoms with E-state index in [1.807, 2.05) is 55.5 Å². The van der Waals surface area contributed by atoms with Crippen LogP contribution in [0.5, 0.6) is 11.5 Å². The lowest BCUT2D eigenvalue weighted by atomic mass is 10.1. The molecule has 0 spiro atoms. The largest absolute Gasteiger partial charge is 0.496 e. The first kappa shape index (κ1) is 18.5. The van der Waals surface area contributed by atoms with Gasteiger partial charge < -0.3 is 14.8 Å². The fourth-order valence-electron chi connectivity index (χ4n) is 2.67. The molecule has 0 saturated carbocycles. The number of rotatable bonds is 8. The first-order valence-electron chi connectivity index (χ1n) is 8.85. The average Bonchev–Trinajstić information content (AvgIpc) is 3.15.